The molecule has 1 aliphatic carbocycles. The zero-order chi connectivity index (χ0) is 22.6. The smallest absolute Gasteiger partial charge is 0.262 e. The molecule has 5 heteroatoms. The monoisotopic (exact) mass is 497 g/mol. The SMILES string of the molecule is CC1(c2ccc3ccn(-c4cccc(Br)c4CO[Si](C)(C)C(C)(C)C)c(=O)c3c2)CC1. The zero-order valence-electron chi connectivity index (χ0n) is 19.4. The lowest BCUT2D eigenvalue weighted by molar-refractivity contribution is 0.275. The van der Waals surface area contributed by atoms with E-state index in [2.05, 4.69) is 74.9 Å². The average Bonchev–Trinajstić information content (AvgIpc) is 3.45. The highest BCUT2D eigenvalue weighted by Crippen LogP contribution is 2.47. The lowest BCUT2D eigenvalue weighted by Gasteiger charge is -2.36. The molecule has 3 aromatic rings. The summed E-state index contributed by atoms with van der Waals surface area (Å²) in [5, 5.41) is 1.90. The molecule has 1 aromatic heterocycles. The van der Waals surface area contributed by atoms with Crippen molar-refractivity contribution in [3.05, 3.63) is 74.6 Å². The molecule has 31 heavy (non-hydrogen) atoms. The van der Waals surface area contributed by atoms with Gasteiger partial charge in [0.1, 0.15) is 0 Å². The number of fused-ring (bicyclic) bond motifs is 1. The van der Waals surface area contributed by atoms with Crippen LogP contribution in [0.4, 0.5) is 0 Å². The lowest BCUT2D eigenvalue weighted by Crippen LogP contribution is -2.40. The Labute approximate surface area is 194 Å². The van der Waals surface area contributed by atoms with Gasteiger partial charge in [0.05, 0.1) is 12.3 Å². The fourth-order valence-corrected chi connectivity index (χ4v) is 5.07. The minimum atomic E-state index is -1.92. The predicted octanol–water partition coefficient (Wildman–Crippen LogP) is 7.33. The van der Waals surface area contributed by atoms with E-state index in [1.807, 2.05) is 30.5 Å². The average molecular weight is 499 g/mol. The summed E-state index contributed by atoms with van der Waals surface area (Å²) in [6.45, 7) is 14.0. The van der Waals surface area contributed by atoms with Crippen molar-refractivity contribution < 1.29 is 4.43 Å². The van der Waals surface area contributed by atoms with E-state index in [0.717, 1.165) is 26.5 Å². The lowest BCUT2D eigenvalue weighted by atomic mass is 9.96. The summed E-state index contributed by atoms with van der Waals surface area (Å²) in [7, 11) is -1.92. The Bertz CT molecular complexity index is 1200. The summed E-state index contributed by atoms with van der Waals surface area (Å²) in [6, 6.07) is 14.4. The number of benzene rings is 2. The molecule has 3 nitrogen and oxygen atoms in total. The van der Waals surface area contributed by atoms with E-state index in [4.69, 9.17) is 4.43 Å². The van der Waals surface area contributed by atoms with Crippen molar-refractivity contribution in [3.63, 3.8) is 0 Å². The van der Waals surface area contributed by atoms with Crippen molar-refractivity contribution in [2.75, 3.05) is 0 Å². The number of nitrogens with zero attached hydrogens (tertiary/aromatic N) is 1. The van der Waals surface area contributed by atoms with Crippen LogP contribution in [0.5, 0.6) is 0 Å². The second-order valence-corrected chi connectivity index (χ2v) is 16.3. The molecule has 164 valence electrons. The van der Waals surface area contributed by atoms with E-state index in [9.17, 15) is 4.79 Å². The highest BCUT2D eigenvalue weighted by Gasteiger charge is 2.39. The van der Waals surface area contributed by atoms with E-state index in [-0.39, 0.29) is 16.0 Å². The third-order valence-electron chi connectivity index (χ3n) is 7.34. The van der Waals surface area contributed by atoms with Crippen molar-refractivity contribution in [1.82, 2.24) is 4.57 Å². The molecule has 1 aliphatic rings. The van der Waals surface area contributed by atoms with Crippen molar-refractivity contribution in [2.24, 2.45) is 0 Å². The minimum Gasteiger partial charge on any atom is -0.412 e. The van der Waals surface area contributed by atoms with Crippen LogP contribution in [0.1, 0.15) is 51.7 Å². The van der Waals surface area contributed by atoms with Crippen molar-refractivity contribution in [2.45, 2.75) is 70.7 Å². The molecular weight excluding hydrogens is 466 g/mol. The number of aromatic nitrogens is 1. The quantitative estimate of drug-likeness (QED) is 0.345. The van der Waals surface area contributed by atoms with Crippen LogP contribution in [0.3, 0.4) is 0 Å². The second-order valence-electron chi connectivity index (χ2n) is 10.6. The first-order valence-electron chi connectivity index (χ1n) is 11.0. The predicted molar refractivity (Wildman–Crippen MR) is 136 cm³/mol. The third-order valence-corrected chi connectivity index (χ3v) is 12.6. The van der Waals surface area contributed by atoms with Crippen LogP contribution in [-0.2, 0) is 16.4 Å². The van der Waals surface area contributed by atoms with Crippen LogP contribution < -0.4 is 5.56 Å². The van der Waals surface area contributed by atoms with Gasteiger partial charge in [0.2, 0.25) is 0 Å². The molecule has 0 radical (unpaired) electrons. The first-order chi connectivity index (χ1) is 14.4. The largest absolute Gasteiger partial charge is 0.412 e. The molecule has 2 aromatic carbocycles. The van der Waals surface area contributed by atoms with Gasteiger partial charge in [0.25, 0.3) is 5.56 Å². The van der Waals surface area contributed by atoms with Crippen molar-refractivity contribution in [1.29, 1.82) is 0 Å². The molecule has 4 rings (SSSR count). The van der Waals surface area contributed by atoms with Gasteiger partial charge in [0.15, 0.2) is 8.32 Å². The van der Waals surface area contributed by atoms with Crippen LogP contribution in [0, 0.1) is 0 Å². The minimum absolute atomic E-state index is 0.0234. The number of pyridine rings is 1. The molecule has 1 heterocycles. The van der Waals surface area contributed by atoms with Gasteiger partial charge in [0, 0.05) is 21.6 Å². The normalized spacial score (nSPS) is 16.0. The maximum Gasteiger partial charge on any atom is 0.262 e. The van der Waals surface area contributed by atoms with Gasteiger partial charge in [-0.05, 0) is 71.6 Å². The van der Waals surface area contributed by atoms with Crippen molar-refractivity contribution >= 4 is 35.0 Å². The van der Waals surface area contributed by atoms with Crippen LogP contribution in [0.2, 0.25) is 18.1 Å². The summed E-state index contributed by atoms with van der Waals surface area (Å²) in [4.78, 5) is 13.6. The van der Waals surface area contributed by atoms with Crippen LogP contribution in [0.25, 0.3) is 16.5 Å². The summed E-state index contributed by atoms with van der Waals surface area (Å²) in [6.07, 6.45) is 4.28. The summed E-state index contributed by atoms with van der Waals surface area (Å²) >= 11 is 3.70. The molecule has 0 spiro atoms. The molecule has 0 bridgehead atoms. The topological polar surface area (TPSA) is 31.2 Å². The Balaban J connectivity index is 1.79. The number of rotatable bonds is 5. The summed E-state index contributed by atoms with van der Waals surface area (Å²) in [5.41, 5.74) is 3.42. The summed E-state index contributed by atoms with van der Waals surface area (Å²) < 4.78 is 9.26. The van der Waals surface area contributed by atoms with Gasteiger partial charge in [-0.2, -0.15) is 0 Å². The first kappa shape index (κ1) is 22.5. The molecule has 0 atom stereocenters. The first-order valence-corrected chi connectivity index (χ1v) is 14.7. The standard InChI is InChI=1S/C26H32BrNO2Si/c1-25(2,3)31(5,6)30-17-21-22(27)8-7-9-23(21)28-15-12-18-10-11-19(26(4)13-14-26)16-20(18)24(28)29/h7-12,15-16H,13-14,17H2,1-6H3. The Morgan fingerprint density at radius 3 is 2.48 bits per heavy atom. The number of hydrogen-bond acceptors (Lipinski definition) is 2. The molecule has 1 saturated carbocycles. The van der Waals surface area contributed by atoms with Crippen LogP contribution in [0.15, 0.2) is 57.9 Å². The molecule has 0 saturated heterocycles. The van der Waals surface area contributed by atoms with E-state index in [1.54, 1.807) is 4.57 Å². The van der Waals surface area contributed by atoms with E-state index >= 15 is 0 Å². The second kappa shape index (κ2) is 7.71. The maximum atomic E-state index is 13.6. The Morgan fingerprint density at radius 2 is 1.84 bits per heavy atom. The van der Waals surface area contributed by atoms with Crippen LogP contribution in [-0.4, -0.2) is 12.9 Å². The Morgan fingerprint density at radius 1 is 1.13 bits per heavy atom. The molecule has 0 unspecified atom stereocenters. The van der Waals surface area contributed by atoms with Gasteiger partial charge < -0.3 is 4.43 Å². The zero-order valence-corrected chi connectivity index (χ0v) is 22.0. The van der Waals surface area contributed by atoms with Gasteiger partial charge >= 0.3 is 0 Å². The highest BCUT2D eigenvalue weighted by atomic mass is 79.9. The van der Waals surface area contributed by atoms with E-state index in [1.165, 1.54) is 18.4 Å². The van der Waals surface area contributed by atoms with Crippen LogP contribution >= 0.6 is 15.9 Å². The molecule has 0 N–H and O–H groups in total. The maximum absolute atomic E-state index is 13.6. The van der Waals surface area contributed by atoms with E-state index < -0.39 is 8.32 Å². The number of halogens is 1. The van der Waals surface area contributed by atoms with Gasteiger partial charge in [-0.25, -0.2) is 0 Å². The van der Waals surface area contributed by atoms with E-state index in [0.29, 0.717) is 6.61 Å². The fourth-order valence-electron chi connectivity index (χ4n) is 3.67. The molecule has 0 amide bonds. The van der Waals surface area contributed by atoms with Gasteiger partial charge in [-0.15, -0.1) is 0 Å². The summed E-state index contributed by atoms with van der Waals surface area (Å²) in [5.74, 6) is 0. The number of hydrogen-bond donors (Lipinski definition) is 0. The van der Waals surface area contributed by atoms with Gasteiger partial charge in [-0.3, -0.25) is 9.36 Å². The molecule has 0 aliphatic heterocycles. The Kier molecular flexibility index (Phi) is 5.60. The third kappa shape index (κ3) is 4.20. The molecule has 1 fully saturated rings. The van der Waals surface area contributed by atoms with Gasteiger partial charge in [-0.1, -0.05) is 61.8 Å². The Hall–Kier alpha value is -1.69. The highest BCUT2D eigenvalue weighted by molar-refractivity contribution is 9.10. The fraction of sp³-hybridized carbons (Fsp3) is 0.423. The molecular formula is C26H32BrNO2Si. The van der Waals surface area contributed by atoms with Crippen molar-refractivity contribution in [3.8, 4) is 5.69 Å².